The molecule has 2 saturated heterocycles. The lowest BCUT2D eigenvalue weighted by molar-refractivity contribution is -0.133. The zero-order chi connectivity index (χ0) is 27.6. The van der Waals surface area contributed by atoms with Crippen molar-refractivity contribution in [3.8, 4) is 6.07 Å². The molecule has 2 N–H and O–H groups in total. The first-order valence-electron chi connectivity index (χ1n) is 13.5. The number of benzene rings is 2. The number of piperidine rings is 1. The van der Waals surface area contributed by atoms with E-state index < -0.39 is 17.0 Å². The van der Waals surface area contributed by atoms with Crippen LogP contribution in [0.1, 0.15) is 44.1 Å². The van der Waals surface area contributed by atoms with Gasteiger partial charge in [0.15, 0.2) is 0 Å². The van der Waals surface area contributed by atoms with Crippen molar-refractivity contribution in [3.05, 3.63) is 65.7 Å². The molecular weight excluding hydrogens is 504 g/mol. The second-order valence-corrected chi connectivity index (χ2v) is 10.8. The fourth-order valence-electron chi connectivity index (χ4n) is 6.64. The number of likely N-dealkylation sites (tertiary alicyclic amines) is 1. The number of carbonyl (C=O) groups is 2. The molecule has 0 aromatic heterocycles. The van der Waals surface area contributed by atoms with E-state index in [-0.39, 0.29) is 30.6 Å². The first-order valence-corrected chi connectivity index (χ1v) is 13.5. The van der Waals surface area contributed by atoms with E-state index in [4.69, 9.17) is 5.11 Å². The number of carbonyl (C=O) groups excluding carboxylic acids is 1. The van der Waals surface area contributed by atoms with Crippen LogP contribution in [0.2, 0.25) is 0 Å². The summed E-state index contributed by atoms with van der Waals surface area (Å²) in [5, 5.41) is 21.3. The van der Waals surface area contributed by atoms with E-state index >= 15 is 0 Å². The highest BCUT2D eigenvalue weighted by atomic mass is 19.1. The molecule has 206 valence electrons. The summed E-state index contributed by atoms with van der Waals surface area (Å²) in [6.07, 6.45) is 3.17. The topological polar surface area (TPSA) is 99.9 Å². The maximum Gasteiger partial charge on any atom is 0.404 e. The quantitative estimate of drug-likeness (QED) is 0.576. The van der Waals surface area contributed by atoms with Crippen molar-refractivity contribution in [3.63, 3.8) is 0 Å². The van der Waals surface area contributed by atoms with E-state index in [1.165, 1.54) is 24.3 Å². The van der Waals surface area contributed by atoms with Gasteiger partial charge < -0.3 is 25.1 Å². The van der Waals surface area contributed by atoms with Gasteiger partial charge in [-0.25, -0.2) is 13.6 Å². The molecule has 0 bridgehead atoms. The number of hydrogen-bond acceptors (Lipinski definition) is 5. The summed E-state index contributed by atoms with van der Waals surface area (Å²) < 4.78 is 27.1. The second-order valence-electron chi connectivity index (χ2n) is 10.8. The van der Waals surface area contributed by atoms with Crippen LogP contribution in [-0.2, 0) is 10.2 Å². The summed E-state index contributed by atoms with van der Waals surface area (Å²) in [7, 11) is 0. The molecule has 39 heavy (non-hydrogen) atoms. The first-order chi connectivity index (χ1) is 18.8. The number of nitrogens with one attached hydrogen (secondary N) is 1. The predicted octanol–water partition coefficient (Wildman–Crippen LogP) is 4.08. The normalized spacial score (nSPS) is 25.1. The second kappa shape index (κ2) is 10.8. The number of rotatable bonds is 6. The Hall–Kier alpha value is -3.71. The molecule has 8 nitrogen and oxygen atoms in total. The lowest BCUT2D eigenvalue weighted by Crippen LogP contribution is -2.58. The van der Waals surface area contributed by atoms with Crippen LogP contribution in [0.25, 0.3) is 0 Å². The van der Waals surface area contributed by atoms with E-state index in [2.05, 4.69) is 16.3 Å². The largest absolute Gasteiger partial charge is 0.465 e. The number of amides is 2. The molecule has 2 aromatic rings. The molecule has 0 radical (unpaired) electrons. The van der Waals surface area contributed by atoms with Gasteiger partial charge in [-0.3, -0.25) is 4.79 Å². The molecule has 1 spiro atoms. The first kappa shape index (κ1) is 26.9. The van der Waals surface area contributed by atoms with Gasteiger partial charge in [-0.1, -0.05) is 12.1 Å². The zero-order valence-corrected chi connectivity index (χ0v) is 21.8. The summed E-state index contributed by atoms with van der Waals surface area (Å²) in [5.74, 6) is -0.681. The number of carboxylic acid groups (broad SMARTS) is 1. The van der Waals surface area contributed by atoms with Crippen LogP contribution < -0.4 is 10.2 Å². The van der Waals surface area contributed by atoms with Crippen LogP contribution in [0.3, 0.4) is 0 Å². The van der Waals surface area contributed by atoms with Crippen molar-refractivity contribution < 1.29 is 23.5 Å². The van der Waals surface area contributed by atoms with E-state index in [1.54, 1.807) is 29.2 Å². The van der Waals surface area contributed by atoms with E-state index in [0.717, 1.165) is 24.1 Å². The van der Waals surface area contributed by atoms with E-state index in [1.807, 2.05) is 4.90 Å². The zero-order valence-electron chi connectivity index (χ0n) is 21.8. The average molecular weight is 538 g/mol. The minimum absolute atomic E-state index is 0.0258. The molecule has 2 heterocycles. The van der Waals surface area contributed by atoms with E-state index in [0.29, 0.717) is 51.5 Å². The highest BCUT2D eigenvalue weighted by Gasteiger charge is 2.54. The van der Waals surface area contributed by atoms with Crippen molar-refractivity contribution in [2.24, 2.45) is 0 Å². The Morgan fingerprint density at radius 1 is 1.00 bits per heavy atom. The molecule has 1 aliphatic carbocycles. The third-order valence-electron chi connectivity index (χ3n) is 8.87. The maximum atomic E-state index is 13.8. The molecule has 0 unspecified atom stereocenters. The fourth-order valence-corrected chi connectivity index (χ4v) is 6.64. The number of halogens is 2. The molecule has 2 amide bonds. The Kier molecular flexibility index (Phi) is 7.45. The third-order valence-corrected chi connectivity index (χ3v) is 8.87. The summed E-state index contributed by atoms with van der Waals surface area (Å²) >= 11 is 0. The Labute approximate surface area is 226 Å². The average Bonchev–Trinajstić information content (AvgIpc) is 3.20. The van der Waals surface area contributed by atoms with Crippen LogP contribution in [0.5, 0.6) is 0 Å². The molecule has 1 saturated carbocycles. The summed E-state index contributed by atoms with van der Waals surface area (Å²) in [5.41, 5.74) is 0.262. The number of nitriles is 1. The predicted molar refractivity (Wildman–Crippen MR) is 141 cm³/mol. The standard InChI is InChI=1S/C29H33F2N5O3/c30-22-3-1-21(2-4-22)28(19-32)11-9-24(10-12-28)34-16-13-29(14-17-34)26(37)35(18-15-33-27(38)39)20-36(29)25-7-5-23(31)6-8-25/h1-8,24,33H,9-18,20H2,(H,38,39). The van der Waals surface area contributed by atoms with Gasteiger partial charge in [0.25, 0.3) is 0 Å². The number of hydrogen-bond donors (Lipinski definition) is 2. The lowest BCUT2D eigenvalue weighted by atomic mass is 9.68. The van der Waals surface area contributed by atoms with E-state index in [9.17, 15) is 23.6 Å². The molecule has 3 aliphatic rings. The Morgan fingerprint density at radius 2 is 1.59 bits per heavy atom. The Balaban J connectivity index is 1.28. The van der Waals surface area contributed by atoms with Gasteiger partial charge in [0, 0.05) is 37.9 Å². The van der Waals surface area contributed by atoms with Gasteiger partial charge in [0.1, 0.15) is 17.2 Å². The molecule has 3 fully saturated rings. The number of nitrogens with zero attached hydrogens (tertiary/aromatic N) is 4. The van der Waals surface area contributed by atoms with Gasteiger partial charge in [-0.05, 0) is 80.5 Å². The molecule has 5 rings (SSSR count). The van der Waals surface area contributed by atoms with Crippen molar-refractivity contribution in [1.29, 1.82) is 5.26 Å². The molecule has 2 aromatic carbocycles. The van der Waals surface area contributed by atoms with Gasteiger partial charge in [-0.2, -0.15) is 5.26 Å². The highest BCUT2D eigenvalue weighted by molar-refractivity contribution is 5.93. The smallest absolute Gasteiger partial charge is 0.404 e. The molecule has 0 atom stereocenters. The van der Waals surface area contributed by atoms with Gasteiger partial charge >= 0.3 is 6.09 Å². The van der Waals surface area contributed by atoms with Crippen molar-refractivity contribution in [2.45, 2.75) is 55.5 Å². The number of anilines is 1. The van der Waals surface area contributed by atoms with Crippen molar-refractivity contribution >= 4 is 17.7 Å². The summed E-state index contributed by atoms with van der Waals surface area (Å²) in [4.78, 5) is 30.8. The minimum atomic E-state index is -1.13. The van der Waals surface area contributed by atoms with Gasteiger partial charge in [0.2, 0.25) is 5.91 Å². The monoisotopic (exact) mass is 537 g/mol. The van der Waals surface area contributed by atoms with Crippen LogP contribution in [0.4, 0.5) is 19.3 Å². The van der Waals surface area contributed by atoms with Gasteiger partial charge in [0.05, 0.1) is 18.2 Å². The van der Waals surface area contributed by atoms with Crippen LogP contribution in [0, 0.1) is 23.0 Å². The van der Waals surface area contributed by atoms with Gasteiger partial charge in [-0.15, -0.1) is 0 Å². The lowest BCUT2D eigenvalue weighted by Gasteiger charge is -2.47. The Morgan fingerprint density at radius 3 is 2.15 bits per heavy atom. The van der Waals surface area contributed by atoms with Crippen LogP contribution in [0.15, 0.2) is 48.5 Å². The summed E-state index contributed by atoms with van der Waals surface area (Å²) in [6, 6.07) is 15.2. The van der Waals surface area contributed by atoms with Crippen molar-refractivity contribution in [1.82, 2.24) is 15.1 Å². The van der Waals surface area contributed by atoms with Crippen molar-refractivity contribution in [2.75, 3.05) is 37.7 Å². The third kappa shape index (κ3) is 5.15. The molecule has 10 heteroatoms. The SMILES string of the molecule is N#CC1(c2ccc(F)cc2)CCC(N2CCC3(CC2)C(=O)N(CCNC(=O)O)CN3c2ccc(F)cc2)CC1. The van der Waals surface area contributed by atoms with Crippen LogP contribution >= 0.6 is 0 Å². The van der Waals surface area contributed by atoms with Crippen LogP contribution in [-0.4, -0.2) is 71.3 Å². The highest BCUT2D eigenvalue weighted by Crippen LogP contribution is 2.44. The Bertz CT molecular complexity index is 1230. The maximum absolute atomic E-state index is 13.8. The fraction of sp³-hybridized carbons (Fsp3) is 0.483. The summed E-state index contributed by atoms with van der Waals surface area (Å²) in [6.45, 7) is 2.14. The molecular formula is C29H33F2N5O3. The molecule has 2 aliphatic heterocycles. The minimum Gasteiger partial charge on any atom is -0.465 e.